The van der Waals surface area contributed by atoms with Gasteiger partial charge in [0.15, 0.2) is 0 Å². The molecule has 0 aliphatic carbocycles. The molecule has 1 aliphatic heterocycles. The van der Waals surface area contributed by atoms with Gasteiger partial charge < -0.3 is 10.1 Å². The Kier molecular flexibility index (Phi) is 1.48. The van der Waals surface area contributed by atoms with Gasteiger partial charge in [-0.1, -0.05) is 0 Å². The molecule has 0 aromatic rings. The number of hydrogen-bond donors (Lipinski definition) is 1. The fourth-order valence-electron chi connectivity index (χ4n) is 0.745. The van der Waals surface area contributed by atoms with Crippen molar-refractivity contribution in [1.29, 1.82) is 0 Å². The molecule has 1 saturated heterocycles. The van der Waals surface area contributed by atoms with Crippen LogP contribution in [0.3, 0.4) is 0 Å². The van der Waals surface area contributed by atoms with Crippen LogP contribution in [0.15, 0.2) is 0 Å². The summed E-state index contributed by atoms with van der Waals surface area (Å²) in [5.41, 5.74) is 0. The minimum Gasteiger partial charge on any atom is -0.379 e. The van der Waals surface area contributed by atoms with Crippen LogP contribution in [-0.2, 0) is 9.53 Å². The van der Waals surface area contributed by atoms with Crippen LogP contribution in [0.2, 0.25) is 0 Å². The molecule has 0 radical (unpaired) electrons. The van der Waals surface area contributed by atoms with Gasteiger partial charge in [-0.15, -0.1) is 0 Å². The summed E-state index contributed by atoms with van der Waals surface area (Å²) in [5.74, 6) is 0.0943. The van der Waals surface area contributed by atoms with E-state index in [0.717, 1.165) is 0 Å². The van der Waals surface area contributed by atoms with Crippen molar-refractivity contribution >= 4 is 5.91 Å². The predicted octanol–water partition coefficient (Wildman–Crippen LogP) is -0.479. The van der Waals surface area contributed by atoms with Crippen molar-refractivity contribution in [3.63, 3.8) is 0 Å². The van der Waals surface area contributed by atoms with E-state index in [0.29, 0.717) is 13.0 Å². The Morgan fingerprint density at radius 1 is 1.88 bits per heavy atom. The van der Waals surface area contributed by atoms with Crippen LogP contribution in [0.4, 0.5) is 0 Å². The van der Waals surface area contributed by atoms with Gasteiger partial charge in [0, 0.05) is 13.7 Å². The highest BCUT2D eigenvalue weighted by Crippen LogP contribution is 2.01. The van der Waals surface area contributed by atoms with Crippen molar-refractivity contribution in [2.24, 2.45) is 0 Å². The predicted molar refractivity (Wildman–Crippen MR) is 28.4 cm³/mol. The lowest BCUT2D eigenvalue weighted by molar-refractivity contribution is -0.119. The molecule has 0 unspecified atom stereocenters. The number of carbonyl (C=O) groups is 1. The van der Waals surface area contributed by atoms with Crippen molar-refractivity contribution in [2.45, 2.75) is 12.5 Å². The maximum absolute atomic E-state index is 10.4. The molecule has 0 aromatic heterocycles. The van der Waals surface area contributed by atoms with Crippen LogP contribution in [0.1, 0.15) is 6.42 Å². The molecule has 1 atom stereocenters. The van der Waals surface area contributed by atoms with Crippen molar-refractivity contribution in [3.05, 3.63) is 0 Å². The van der Waals surface area contributed by atoms with E-state index in [-0.39, 0.29) is 12.0 Å². The third kappa shape index (κ3) is 0.980. The summed E-state index contributed by atoms with van der Waals surface area (Å²) < 4.78 is 4.90. The molecule has 1 aliphatic rings. The highest BCUT2D eigenvalue weighted by atomic mass is 16.5. The Morgan fingerprint density at radius 2 is 2.62 bits per heavy atom. The smallest absolute Gasteiger partial charge is 0.222 e. The maximum Gasteiger partial charge on any atom is 0.222 e. The van der Waals surface area contributed by atoms with Gasteiger partial charge in [-0.05, 0) is 0 Å². The molecule has 0 saturated carbocycles. The Morgan fingerprint density at radius 3 is 2.88 bits per heavy atom. The first-order valence-electron chi connectivity index (χ1n) is 2.62. The summed E-state index contributed by atoms with van der Waals surface area (Å²) >= 11 is 0. The summed E-state index contributed by atoms with van der Waals surface area (Å²) in [5, 5.41) is 2.66. The van der Waals surface area contributed by atoms with Crippen LogP contribution < -0.4 is 5.32 Å². The third-order valence-electron chi connectivity index (χ3n) is 1.27. The van der Waals surface area contributed by atoms with E-state index >= 15 is 0 Å². The molecule has 0 bridgehead atoms. The minimum absolute atomic E-state index is 0.0943. The van der Waals surface area contributed by atoms with Crippen LogP contribution >= 0.6 is 0 Å². The zero-order chi connectivity index (χ0) is 5.98. The number of hydrogen-bond acceptors (Lipinski definition) is 2. The lowest BCUT2D eigenvalue weighted by atomic mass is 10.3. The standard InChI is InChI=1S/C5H9NO2/c1-8-4-2-5(7)6-3-4/h4H,2-3H2,1H3,(H,6,7)/t4-/m1/s1. The number of methoxy groups -OCH3 is 1. The highest BCUT2D eigenvalue weighted by Gasteiger charge is 2.19. The Bertz CT molecular complexity index is 103. The maximum atomic E-state index is 10.4. The van der Waals surface area contributed by atoms with Crippen LogP contribution in [-0.4, -0.2) is 25.7 Å². The average molecular weight is 115 g/mol. The summed E-state index contributed by atoms with van der Waals surface area (Å²) in [6, 6.07) is 0. The fourth-order valence-corrected chi connectivity index (χ4v) is 0.745. The number of ether oxygens (including phenoxy) is 1. The lowest BCUT2D eigenvalue weighted by Crippen LogP contribution is -2.16. The van der Waals surface area contributed by atoms with Gasteiger partial charge in [0.25, 0.3) is 0 Å². The Balaban J connectivity index is 2.32. The summed E-state index contributed by atoms with van der Waals surface area (Å²) in [4.78, 5) is 10.4. The number of rotatable bonds is 1. The molecule has 1 fully saturated rings. The van der Waals surface area contributed by atoms with E-state index < -0.39 is 0 Å². The minimum atomic E-state index is 0.0943. The molecule has 3 nitrogen and oxygen atoms in total. The SMILES string of the molecule is CO[C@H]1CNC(=O)C1. The molecule has 0 aromatic carbocycles. The number of carbonyl (C=O) groups excluding carboxylic acids is 1. The summed E-state index contributed by atoms with van der Waals surface area (Å²) in [7, 11) is 1.62. The van der Waals surface area contributed by atoms with E-state index in [4.69, 9.17) is 4.74 Å². The van der Waals surface area contributed by atoms with Crippen molar-refractivity contribution < 1.29 is 9.53 Å². The van der Waals surface area contributed by atoms with E-state index in [1.54, 1.807) is 7.11 Å². The average Bonchev–Trinajstić information content (AvgIpc) is 2.14. The lowest BCUT2D eigenvalue weighted by Gasteiger charge is -2.00. The van der Waals surface area contributed by atoms with Crippen LogP contribution in [0, 0.1) is 0 Å². The van der Waals surface area contributed by atoms with Crippen molar-refractivity contribution in [2.75, 3.05) is 13.7 Å². The van der Waals surface area contributed by atoms with Gasteiger partial charge in [-0.25, -0.2) is 0 Å². The van der Waals surface area contributed by atoms with Crippen LogP contribution in [0.5, 0.6) is 0 Å². The topological polar surface area (TPSA) is 38.3 Å². The van der Waals surface area contributed by atoms with Gasteiger partial charge in [-0.3, -0.25) is 4.79 Å². The number of nitrogens with one attached hydrogen (secondary N) is 1. The first-order chi connectivity index (χ1) is 3.83. The third-order valence-corrected chi connectivity index (χ3v) is 1.27. The zero-order valence-corrected chi connectivity index (χ0v) is 4.81. The second kappa shape index (κ2) is 2.13. The molecular weight excluding hydrogens is 106 g/mol. The molecule has 1 rings (SSSR count). The van der Waals surface area contributed by atoms with Gasteiger partial charge in [-0.2, -0.15) is 0 Å². The van der Waals surface area contributed by atoms with Gasteiger partial charge in [0.1, 0.15) is 0 Å². The number of amides is 1. The summed E-state index contributed by atoms with van der Waals surface area (Å²) in [6.45, 7) is 0.676. The molecule has 1 heterocycles. The highest BCUT2D eigenvalue weighted by molar-refractivity contribution is 5.78. The van der Waals surface area contributed by atoms with E-state index in [1.807, 2.05) is 0 Å². The second-order valence-corrected chi connectivity index (χ2v) is 1.87. The molecule has 1 amide bonds. The molecule has 8 heavy (non-hydrogen) atoms. The van der Waals surface area contributed by atoms with Crippen LogP contribution in [0.25, 0.3) is 0 Å². The Hall–Kier alpha value is -0.570. The van der Waals surface area contributed by atoms with E-state index in [2.05, 4.69) is 5.32 Å². The summed E-state index contributed by atoms with van der Waals surface area (Å²) in [6.07, 6.45) is 0.638. The molecule has 3 heteroatoms. The van der Waals surface area contributed by atoms with E-state index in [9.17, 15) is 4.79 Å². The normalized spacial score (nSPS) is 28.1. The van der Waals surface area contributed by atoms with Gasteiger partial charge in [0.2, 0.25) is 5.91 Å². The van der Waals surface area contributed by atoms with Crippen molar-refractivity contribution in [3.8, 4) is 0 Å². The monoisotopic (exact) mass is 115 g/mol. The fraction of sp³-hybridized carbons (Fsp3) is 0.800. The quantitative estimate of drug-likeness (QED) is 0.501. The van der Waals surface area contributed by atoms with Crippen molar-refractivity contribution in [1.82, 2.24) is 5.32 Å². The van der Waals surface area contributed by atoms with E-state index in [1.165, 1.54) is 0 Å². The molecular formula is C5H9NO2. The molecule has 46 valence electrons. The molecule has 0 spiro atoms. The Labute approximate surface area is 48.0 Å². The first kappa shape index (κ1) is 5.56. The van der Waals surface area contributed by atoms with Gasteiger partial charge >= 0.3 is 0 Å². The molecule has 1 N–H and O–H groups in total. The first-order valence-corrected chi connectivity index (χ1v) is 2.62. The van der Waals surface area contributed by atoms with Gasteiger partial charge in [0.05, 0.1) is 12.5 Å². The second-order valence-electron chi connectivity index (χ2n) is 1.87. The zero-order valence-electron chi connectivity index (χ0n) is 4.81. The largest absolute Gasteiger partial charge is 0.379 e.